The van der Waals surface area contributed by atoms with Gasteiger partial charge in [0.2, 0.25) is 0 Å². The van der Waals surface area contributed by atoms with Crippen molar-refractivity contribution in [3.8, 4) is 0 Å². The molecule has 1 rings (SSSR count). The SMILES string of the molecule is CCCOCCOCCOCCOCCCCCCCCCCCCNC(=O)c1ccsc1. The van der Waals surface area contributed by atoms with Crippen molar-refractivity contribution in [2.24, 2.45) is 0 Å². The van der Waals surface area contributed by atoms with E-state index in [4.69, 9.17) is 18.9 Å². The summed E-state index contributed by atoms with van der Waals surface area (Å²) in [5, 5.41) is 6.82. The molecular formula is C26H47NO5S. The number of thiophene rings is 1. The largest absolute Gasteiger partial charge is 0.379 e. The van der Waals surface area contributed by atoms with Gasteiger partial charge >= 0.3 is 0 Å². The van der Waals surface area contributed by atoms with Crippen molar-refractivity contribution in [2.45, 2.75) is 77.6 Å². The van der Waals surface area contributed by atoms with Crippen molar-refractivity contribution in [1.29, 1.82) is 0 Å². The number of hydrogen-bond acceptors (Lipinski definition) is 6. The molecule has 0 radical (unpaired) electrons. The number of unbranched alkanes of at least 4 members (excludes halogenated alkanes) is 9. The van der Waals surface area contributed by atoms with E-state index in [0.717, 1.165) is 44.6 Å². The highest BCUT2D eigenvalue weighted by Crippen LogP contribution is 2.11. The summed E-state index contributed by atoms with van der Waals surface area (Å²) < 4.78 is 21.9. The molecule has 7 heteroatoms. The highest BCUT2D eigenvalue weighted by molar-refractivity contribution is 7.08. The van der Waals surface area contributed by atoms with Crippen molar-refractivity contribution >= 4 is 17.2 Å². The standard InChI is InChI=1S/C26H47NO5S/c1-2-15-29-17-19-31-21-22-32-20-18-30-16-12-10-8-6-4-3-5-7-9-11-14-27-26(28)25-13-23-33-24-25/h13,23-24H,2-12,14-22H2,1H3,(H,27,28). The van der Waals surface area contributed by atoms with E-state index >= 15 is 0 Å². The maximum Gasteiger partial charge on any atom is 0.252 e. The molecule has 0 aliphatic carbocycles. The molecule has 0 aliphatic rings. The molecule has 0 spiro atoms. The van der Waals surface area contributed by atoms with Crippen LogP contribution in [0.25, 0.3) is 0 Å². The Morgan fingerprint density at radius 2 is 1.18 bits per heavy atom. The van der Waals surface area contributed by atoms with E-state index in [0.29, 0.717) is 39.6 Å². The number of nitrogens with one attached hydrogen (secondary N) is 1. The van der Waals surface area contributed by atoms with Gasteiger partial charge in [0.05, 0.1) is 39.6 Å². The number of ether oxygens (including phenoxy) is 4. The van der Waals surface area contributed by atoms with Gasteiger partial charge in [-0.15, -0.1) is 0 Å². The predicted molar refractivity (Wildman–Crippen MR) is 136 cm³/mol. The normalized spacial score (nSPS) is 11.2. The number of carbonyl (C=O) groups excluding carboxylic acids is 1. The van der Waals surface area contributed by atoms with Crippen LogP contribution in [-0.2, 0) is 18.9 Å². The van der Waals surface area contributed by atoms with E-state index in [1.807, 2.05) is 16.8 Å². The molecule has 0 bridgehead atoms. The van der Waals surface area contributed by atoms with Crippen LogP contribution in [0.3, 0.4) is 0 Å². The Morgan fingerprint density at radius 1 is 0.697 bits per heavy atom. The number of hydrogen-bond donors (Lipinski definition) is 1. The molecule has 1 amide bonds. The first-order chi connectivity index (χ1) is 16.3. The van der Waals surface area contributed by atoms with Crippen LogP contribution in [0.1, 0.15) is 87.9 Å². The second-order valence-electron chi connectivity index (χ2n) is 8.25. The first-order valence-electron chi connectivity index (χ1n) is 13.0. The van der Waals surface area contributed by atoms with Crippen LogP contribution in [0.2, 0.25) is 0 Å². The molecule has 1 heterocycles. The topological polar surface area (TPSA) is 66.0 Å². The molecule has 0 aromatic carbocycles. The van der Waals surface area contributed by atoms with Crippen LogP contribution in [0.4, 0.5) is 0 Å². The Morgan fingerprint density at radius 3 is 1.70 bits per heavy atom. The van der Waals surface area contributed by atoms with Gasteiger partial charge in [-0.05, 0) is 30.7 Å². The summed E-state index contributed by atoms with van der Waals surface area (Å²) in [5.74, 6) is 0.0557. The highest BCUT2D eigenvalue weighted by Gasteiger charge is 2.03. The molecule has 0 saturated carbocycles. The summed E-state index contributed by atoms with van der Waals surface area (Å²) in [5.41, 5.74) is 0.779. The van der Waals surface area contributed by atoms with Gasteiger partial charge < -0.3 is 24.3 Å². The average molecular weight is 486 g/mol. The zero-order valence-electron chi connectivity index (χ0n) is 20.8. The minimum Gasteiger partial charge on any atom is -0.379 e. The zero-order chi connectivity index (χ0) is 23.7. The van der Waals surface area contributed by atoms with Gasteiger partial charge in [0, 0.05) is 30.7 Å². The van der Waals surface area contributed by atoms with Crippen LogP contribution < -0.4 is 5.32 Å². The number of carbonyl (C=O) groups is 1. The summed E-state index contributed by atoms with van der Waals surface area (Å²) in [6.45, 7) is 8.35. The fourth-order valence-electron chi connectivity index (χ4n) is 3.35. The summed E-state index contributed by atoms with van der Waals surface area (Å²) in [4.78, 5) is 11.8. The fraction of sp³-hybridized carbons (Fsp3) is 0.808. The van der Waals surface area contributed by atoms with Crippen molar-refractivity contribution in [3.05, 3.63) is 22.4 Å². The van der Waals surface area contributed by atoms with Gasteiger partial charge in [-0.25, -0.2) is 0 Å². The molecule has 1 aromatic heterocycles. The van der Waals surface area contributed by atoms with Crippen molar-refractivity contribution < 1.29 is 23.7 Å². The first kappa shape index (κ1) is 30.0. The van der Waals surface area contributed by atoms with Crippen LogP contribution in [0.15, 0.2) is 16.8 Å². The Balaban J connectivity index is 1.66. The van der Waals surface area contributed by atoms with Gasteiger partial charge in [-0.2, -0.15) is 11.3 Å². The molecule has 192 valence electrons. The van der Waals surface area contributed by atoms with Gasteiger partial charge in [0.25, 0.3) is 5.91 Å². The molecule has 1 aromatic rings. The third kappa shape index (κ3) is 20.1. The minimum absolute atomic E-state index is 0.0557. The van der Waals surface area contributed by atoms with Crippen molar-refractivity contribution in [2.75, 3.05) is 59.4 Å². The second-order valence-corrected chi connectivity index (χ2v) is 9.03. The third-order valence-electron chi connectivity index (χ3n) is 5.25. The van der Waals surface area contributed by atoms with Crippen molar-refractivity contribution in [3.63, 3.8) is 0 Å². The number of rotatable bonds is 25. The van der Waals surface area contributed by atoms with Crippen molar-refractivity contribution in [1.82, 2.24) is 5.32 Å². The zero-order valence-corrected chi connectivity index (χ0v) is 21.6. The summed E-state index contributed by atoms with van der Waals surface area (Å²) >= 11 is 1.56. The Kier molecular flexibility index (Phi) is 22.0. The summed E-state index contributed by atoms with van der Waals surface area (Å²) in [7, 11) is 0. The van der Waals surface area contributed by atoms with E-state index in [1.54, 1.807) is 11.3 Å². The Labute approximate surface area is 205 Å². The van der Waals surface area contributed by atoms with Gasteiger partial charge in [0.1, 0.15) is 0 Å². The maximum atomic E-state index is 11.8. The molecule has 33 heavy (non-hydrogen) atoms. The van der Waals surface area contributed by atoms with Gasteiger partial charge in [-0.3, -0.25) is 4.79 Å². The lowest BCUT2D eigenvalue weighted by molar-refractivity contribution is -0.00206. The van der Waals surface area contributed by atoms with Crippen LogP contribution >= 0.6 is 11.3 Å². The average Bonchev–Trinajstić information content (AvgIpc) is 3.37. The van der Waals surface area contributed by atoms with Gasteiger partial charge in [0.15, 0.2) is 0 Å². The molecule has 6 nitrogen and oxygen atoms in total. The minimum atomic E-state index is 0.0557. The first-order valence-corrected chi connectivity index (χ1v) is 13.9. The molecule has 0 fully saturated rings. The Bertz CT molecular complexity index is 527. The lowest BCUT2D eigenvalue weighted by Gasteiger charge is -2.07. The van der Waals surface area contributed by atoms with E-state index in [-0.39, 0.29) is 5.91 Å². The summed E-state index contributed by atoms with van der Waals surface area (Å²) in [6.07, 6.45) is 13.6. The molecule has 0 atom stereocenters. The number of amides is 1. The highest BCUT2D eigenvalue weighted by atomic mass is 32.1. The lowest BCUT2D eigenvalue weighted by Crippen LogP contribution is -2.23. The molecular weight excluding hydrogens is 438 g/mol. The molecule has 0 saturated heterocycles. The Hall–Kier alpha value is -0.990. The maximum absolute atomic E-state index is 11.8. The van der Waals surface area contributed by atoms with Crippen LogP contribution in [-0.4, -0.2) is 65.3 Å². The van der Waals surface area contributed by atoms with E-state index in [1.165, 1.54) is 51.4 Å². The quantitative estimate of drug-likeness (QED) is 0.176. The molecule has 0 aliphatic heterocycles. The van der Waals surface area contributed by atoms with Crippen LogP contribution in [0, 0.1) is 0 Å². The van der Waals surface area contributed by atoms with E-state index < -0.39 is 0 Å². The monoisotopic (exact) mass is 485 g/mol. The van der Waals surface area contributed by atoms with Gasteiger partial charge in [-0.1, -0.05) is 58.3 Å². The van der Waals surface area contributed by atoms with Crippen LogP contribution in [0.5, 0.6) is 0 Å². The lowest BCUT2D eigenvalue weighted by atomic mass is 10.1. The predicted octanol–water partition coefficient (Wildman–Crippen LogP) is 5.86. The molecule has 0 unspecified atom stereocenters. The van der Waals surface area contributed by atoms with E-state index in [2.05, 4.69) is 12.2 Å². The fourth-order valence-corrected chi connectivity index (χ4v) is 3.98. The van der Waals surface area contributed by atoms with E-state index in [9.17, 15) is 4.79 Å². The smallest absolute Gasteiger partial charge is 0.252 e. The summed E-state index contributed by atoms with van der Waals surface area (Å²) in [6, 6.07) is 1.87. The second kappa shape index (κ2) is 24.1. The molecule has 1 N–H and O–H groups in total. The third-order valence-corrected chi connectivity index (χ3v) is 5.93.